The summed E-state index contributed by atoms with van der Waals surface area (Å²) < 4.78 is 39.9. The Morgan fingerprint density at radius 3 is 2.58 bits per heavy atom. The molecule has 1 unspecified atom stereocenters. The van der Waals surface area contributed by atoms with Gasteiger partial charge in [0, 0.05) is 18.8 Å². The van der Waals surface area contributed by atoms with E-state index in [1.54, 1.807) is 6.92 Å². The lowest BCUT2D eigenvalue weighted by Crippen LogP contribution is -2.42. The molecular weight excluding hydrogens is 269 g/mol. The summed E-state index contributed by atoms with van der Waals surface area (Å²) in [7, 11) is -3.92. The molecule has 0 bridgehead atoms. The van der Waals surface area contributed by atoms with Crippen LogP contribution in [0.1, 0.15) is 20.8 Å². The zero-order valence-electron chi connectivity index (χ0n) is 11.4. The lowest BCUT2D eigenvalue weighted by molar-refractivity contribution is 0.282. The number of nitrogens with zero attached hydrogens (tertiary/aromatic N) is 2. The highest BCUT2D eigenvalue weighted by Gasteiger charge is 2.23. The maximum Gasteiger partial charge on any atom is 0.261 e. The van der Waals surface area contributed by atoms with Crippen molar-refractivity contribution in [1.29, 1.82) is 0 Å². The van der Waals surface area contributed by atoms with Crippen LogP contribution >= 0.6 is 0 Å². The molecule has 0 amide bonds. The van der Waals surface area contributed by atoms with E-state index in [1.807, 2.05) is 13.8 Å². The molecule has 0 fully saturated rings. The number of sulfonamides is 1. The molecule has 7 heteroatoms. The van der Waals surface area contributed by atoms with E-state index in [9.17, 15) is 12.8 Å². The van der Waals surface area contributed by atoms with E-state index in [1.165, 1.54) is 12.3 Å². The van der Waals surface area contributed by atoms with Crippen LogP contribution in [0.4, 0.5) is 4.39 Å². The average molecular weight is 289 g/mol. The normalized spacial score (nSPS) is 13.7. The van der Waals surface area contributed by atoms with E-state index < -0.39 is 20.9 Å². The first-order valence-corrected chi connectivity index (χ1v) is 7.74. The second kappa shape index (κ2) is 6.93. The fourth-order valence-corrected chi connectivity index (χ4v) is 3.04. The summed E-state index contributed by atoms with van der Waals surface area (Å²) in [5.41, 5.74) is 0. The lowest BCUT2D eigenvalue weighted by Gasteiger charge is -2.23. The predicted molar refractivity (Wildman–Crippen MR) is 71.8 cm³/mol. The van der Waals surface area contributed by atoms with Gasteiger partial charge in [-0.3, -0.25) is 0 Å². The van der Waals surface area contributed by atoms with Crippen LogP contribution in [-0.2, 0) is 10.0 Å². The molecule has 0 aromatic carbocycles. The van der Waals surface area contributed by atoms with Gasteiger partial charge in [0.2, 0.25) is 5.03 Å². The second-order valence-corrected chi connectivity index (χ2v) is 5.93. The zero-order chi connectivity index (χ0) is 14.5. The molecule has 0 aliphatic rings. The molecule has 5 nitrogen and oxygen atoms in total. The van der Waals surface area contributed by atoms with E-state index in [2.05, 4.69) is 14.6 Å². The Balaban J connectivity index is 2.78. The van der Waals surface area contributed by atoms with Crippen molar-refractivity contribution in [2.24, 2.45) is 0 Å². The first-order chi connectivity index (χ1) is 8.90. The fraction of sp³-hybridized carbons (Fsp3) is 0.583. The smallest absolute Gasteiger partial charge is 0.261 e. The number of aromatic nitrogens is 1. The largest absolute Gasteiger partial charge is 0.302 e. The van der Waals surface area contributed by atoms with Gasteiger partial charge in [0.1, 0.15) is 0 Å². The first-order valence-electron chi connectivity index (χ1n) is 6.25. The van der Waals surface area contributed by atoms with E-state index >= 15 is 0 Å². The number of nitrogens with one attached hydrogen (secondary N) is 1. The zero-order valence-corrected chi connectivity index (χ0v) is 12.2. The van der Waals surface area contributed by atoms with Crippen LogP contribution < -0.4 is 4.72 Å². The van der Waals surface area contributed by atoms with Gasteiger partial charge in [-0.25, -0.2) is 22.5 Å². The quantitative estimate of drug-likeness (QED) is 0.820. The third kappa shape index (κ3) is 4.52. The molecule has 1 N–H and O–H groups in total. The van der Waals surface area contributed by atoms with Gasteiger partial charge in [0.25, 0.3) is 10.0 Å². The number of hydrogen-bond donors (Lipinski definition) is 1. The highest BCUT2D eigenvalue weighted by atomic mass is 32.2. The van der Waals surface area contributed by atoms with E-state index in [-0.39, 0.29) is 6.04 Å². The summed E-state index contributed by atoms with van der Waals surface area (Å²) in [5, 5.41) is -0.554. The molecule has 1 aromatic heterocycles. The number of pyridine rings is 1. The Morgan fingerprint density at radius 2 is 2.05 bits per heavy atom. The van der Waals surface area contributed by atoms with Gasteiger partial charge in [0.15, 0.2) is 5.82 Å². The van der Waals surface area contributed by atoms with E-state index in [4.69, 9.17) is 0 Å². The highest BCUT2D eigenvalue weighted by molar-refractivity contribution is 7.89. The molecular formula is C12H20FN3O2S. The summed E-state index contributed by atoms with van der Waals surface area (Å²) >= 11 is 0. The fourth-order valence-electron chi connectivity index (χ4n) is 1.80. The van der Waals surface area contributed by atoms with E-state index in [0.29, 0.717) is 6.54 Å². The van der Waals surface area contributed by atoms with Crippen LogP contribution in [0.5, 0.6) is 0 Å². The van der Waals surface area contributed by atoms with Gasteiger partial charge in [-0.2, -0.15) is 0 Å². The minimum atomic E-state index is -3.92. The minimum Gasteiger partial charge on any atom is -0.302 e. The predicted octanol–water partition coefficient (Wildman–Crippen LogP) is 1.23. The third-order valence-corrected chi connectivity index (χ3v) is 4.28. The Hall–Kier alpha value is -1.05. The molecule has 0 aliphatic heterocycles. The Kier molecular flexibility index (Phi) is 5.84. The van der Waals surface area contributed by atoms with Gasteiger partial charge < -0.3 is 4.90 Å². The summed E-state index contributed by atoms with van der Waals surface area (Å²) in [6.45, 7) is 7.99. The molecule has 1 aromatic rings. The maximum atomic E-state index is 13.4. The standard InChI is InChI=1S/C12H20FN3O2S/c1-4-16(5-2)9-10(3)15-19(17,18)12-11(13)7-6-8-14-12/h6-8,10,15H,4-5,9H2,1-3H3. The van der Waals surface area contributed by atoms with Gasteiger partial charge in [0.05, 0.1) is 0 Å². The van der Waals surface area contributed by atoms with Crippen LogP contribution in [0.15, 0.2) is 23.4 Å². The van der Waals surface area contributed by atoms with Crippen molar-refractivity contribution in [3.63, 3.8) is 0 Å². The number of likely N-dealkylation sites (N-methyl/N-ethyl adjacent to an activating group) is 1. The molecule has 0 saturated heterocycles. The molecule has 0 spiro atoms. The van der Waals surface area contributed by atoms with E-state index in [0.717, 1.165) is 19.2 Å². The number of rotatable bonds is 7. The van der Waals surface area contributed by atoms with Crippen molar-refractivity contribution >= 4 is 10.0 Å². The Morgan fingerprint density at radius 1 is 1.42 bits per heavy atom. The Bertz CT molecular complexity index is 503. The molecule has 1 rings (SSSR count). The maximum absolute atomic E-state index is 13.4. The summed E-state index contributed by atoms with van der Waals surface area (Å²) in [6.07, 6.45) is 1.26. The molecule has 0 aliphatic carbocycles. The molecule has 108 valence electrons. The van der Waals surface area contributed by atoms with Crippen molar-refractivity contribution in [2.75, 3.05) is 19.6 Å². The molecule has 19 heavy (non-hydrogen) atoms. The lowest BCUT2D eigenvalue weighted by atomic mass is 10.3. The topological polar surface area (TPSA) is 62.3 Å². The number of halogens is 1. The van der Waals surface area contributed by atoms with Crippen molar-refractivity contribution < 1.29 is 12.8 Å². The van der Waals surface area contributed by atoms with Crippen molar-refractivity contribution in [3.8, 4) is 0 Å². The van der Waals surface area contributed by atoms with Gasteiger partial charge in [-0.1, -0.05) is 13.8 Å². The van der Waals surface area contributed by atoms with Gasteiger partial charge >= 0.3 is 0 Å². The Labute approximate surface area is 113 Å². The van der Waals surface area contributed by atoms with Crippen LogP contribution in [0.25, 0.3) is 0 Å². The third-order valence-electron chi connectivity index (χ3n) is 2.76. The number of hydrogen-bond acceptors (Lipinski definition) is 4. The van der Waals surface area contributed by atoms with Crippen molar-refractivity contribution in [3.05, 3.63) is 24.1 Å². The highest BCUT2D eigenvalue weighted by Crippen LogP contribution is 2.10. The SMILES string of the molecule is CCN(CC)CC(C)NS(=O)(=O)c1ncccc1F. The van der Waals surface area contributed by atoms with Gasteiger partial charge in [-0.05, 0) is 32.1 Å². The van der Waals surface area contributed by atoms with Crippen LogP contribution in [0.2, 0.25) is 0 Å². The second-order valence-electron chi connectivity index (χ2n) is 4.30. The van der Waals surface area contributed by atoms with Crippen molar-refractivity contribution in [2.45, 2.75) is 31.8 Å². The van der Waals surface area contributed by atoms with Crippen LogP contribution in [-0.4, -0.2) is 44.0 Å². The summed E-state index contributed by atoms with van der Waals surface area (Å²) in [4.78, 5) is 5.67. The molecule has 0 radical (unpaired) electrons. The van der Waals surface area contributed by atoms with Crippen molar-refractivity contribution in [1.82, 2.24) is 14.6 Å². The molecule has 1 atom stereocenters. The summed E-state index contributed by atoms with van der Waals surface area (Å²) in [5.74, 6) is -0.843. The molecule has 1 heterocycles. The molecule has 0 saturated carbocycles. The van der Waals surface area contributed by atoms with Gasteiger partial charge in [-0.15, -0.1) is 0 Å². The first kappa shape index (κ1) is 16.0. The van der Waals surface area contributed by atoms with Crippen LogP contribution in [0, 0.1) is 5.82 Å². The average Bonchev–Trinajstić information content (AvgIpc) is 2.35. The van der Waals surface area contributed by atoms with Crippen LogP contribution in [0.3, 0.4) is 0 Å². The minimum absolute atomic E-state index is 0.314. The summed E-state index contributed by atoms with van der Waals surface area (Å²) in [6, 6.07) is 2.12. The monoisotopic (exact) mass is 289 g/mol.